The Labute approximate surface area is 402 Å². The van der Waals surface area contributed by atoms with E-state index in [1.807, 2.05) is 84.9 Å². The molecular weight excluding hydrogens is 987 g/mol. The van der Waals surface area contributed by atoms with Crippen LogP contribution < -0.4 is 40.5 Å². The molecule has 0 aliphatic carbocycles. The average molecular weight is 1040 g/mol. The van der Waals surface area contributed by atoms with Crippen LogP contribution in [0.1, 0.15) is 30.9 Å². The van der Waals surface area contributed by atoms with Crippen molar-refractivity contribution in [3.05, 3.63) is 217 Å². The van der Waals surface area contributed by atoms with Crippen molar-refractivity contribution >= 4 is 67.1 Å². The zero-order valence-electron chi connectivity index (χ0n) is 35.5. The maximum atomic E-state index is 15.2. The molecule has 7 aromatic carbocycles. The largest absolute Gasteiger partial charge is 2.00 e. The molecule has 0 N–H and O–H groups in total. The standard InChI is InChI=1S/C37H32NO3P3.C10H14.CH2Cl2.2CHNO.Ru/c39-44(40-32-19-7-1-8-20-32,41-33-21-9-2-10-22-33)38-43(36-27-15-5-16-28-36,37-29-17-6-18-30-37)31-42(34-23-11-3-12-24-34)35-25-13-4-14-26-35;1-8(2)10-6-4-9(3)5-7-10;3*2-1-3;/h1-30H,31H2;4-8H,1-3H3;1H2;2*3H;/q;;;;;+2/p-1. The Morgan fingerprint density at radius 3 is 1.19 bits per heavy atom. The van der Waals surface area contributed by atoms with Crippen molar-refractivity contribution in [2.45, 2.75) is 26.7 Å². The van der Waals surface area contributed by atoms with Gasteiger partial charge in [0.15, 0.2) is 0 Å². The summed E-state index contributed by atoms with van der Waals surface area (Å²) in [5.41, 5.74) is 2.76. The van der Waals surface area contributed by atoms with Crippen LogP contribution in [-0.4, -0.2) is 11.2 Å². The summed E-state index contributed by atoms with van der Waals surface area (Å²) in [6.45, 7) is 6.54. The van der Waals surface area contributed by atoms with Crippen LogP contribution in [0.4, 0.5) is 0 Å². The van der Waals surface area contributed by atoms with Gasteiger partial charge in [-0.15, -0.1) is 23.2 Å². The van der Waals surface area contributed by atoms with Crippen LogP contribution in [-0.2, 0) is 24.0 Å². The van der Waals surface area contributed by atoms with E-state index in [0.29, 0.717) is 35.8 Å². The van der Waals surface area contributed by atoms with E-state index in [0.717, 1.165) is 10.6 Å². The quantitative estimate of drug-likeness (QED) is 0.0513. The number of nitrogens with zero attached hydrogens (tertiary/aromatic N) is 3. The molecule has 0 radical (unpaired) electrons. The summed E-state index contributed by atoms with van der Waals surface area (Å²) in [6, 6.07) is 68.8. The van der Waals surface area contributed by atoms with Crippen LogP contribution in [0.25, 0.3) is 0 Å². The van der Waals surface area contributed by atoms with Crippen LogP contribution in [0.2, 0.25) is 0 Å². The molecule has 0 spiro atoms. The van der Waals surface area contributed by atoms with Crippen molar-refractivity contribution in [1.82, 2.24) is 0 Å². The molecule has 0 heterocycles. The second-order valence-electron chi connectivity index (χ2n) is 13.5. The fraction of sp³-hybridized carbons (Fsp3) is 0.120. The average Bonchev–Trinajstić information content (AvgIpc) is 3.31. The second kappa shape index (κ2) is 30.8. The van der Waals surface area contributed by atoms with E-state index in [1.54, 1.807) is 24.3 Å². The SMILES string of the molecule is Cc1ccc(C(C)C)cc1.ClCCl.N#C[O-].N#C[O-].O=P(N=P(C[PH+](c1ccccc1)c1ccccc1)(c1ccccc1)c1ccccc1)(Oc1ccccc1)Oc1ccccc1.[Ru+2]. The first-order valence-electron chi connectivity index (χ1n) is 19.6. The number of hydrogen-bond acceptors (Lipinski definition) is 7. The van der Waals surface area contributed by atoms with Crippen molar-refractivity contribution in [1.29, 1.82) is 10.5 Å². The number of nitriles is 2. The van der Waals surface area contributed by atoms with Gasteiger partial charge in [-0.3, -0.25) is 0 Å². The van der Waals surface area contributed by atoms with Crippen molar-refractivity contribution in [3.63, 3.8) is 0 Å². The molecule has 0 aliphatic rings. The molecule has 0 fully saturated rings. The smallest absolute Gasteiger partial charge is 0.812 e. The number of alkyl halides is 2. The first-order chi connectivity index (χ1) is 30.6. The molecule has 0 amide bonds. The van der Waals surface area contributed by atoms with Crippen LogP contribution in [0, 0.1) is 30.0 Å². The molecule has 0 aromatic heterocycles. The Hall–Kier alpha value is -5.19. The van der Waals surface area contributed by atoms with Gasteiger partial charge in [0.2, 0.25) is 0 Å². The van der Waals surface area contributed by atoms with Crippen LogP contribution in [0.15, 0.2) is 211 Å². The maximum Gasteiger partial charge on any atom is 2.00 e. The normalized spacial score (nSPS) is 10.1. The Balaban J connectivity index is 0.000000592. The summed E-state index contributed by atoms with van der Waals surface area (Å²) >= 11 is 9.53. The monoisotopic (exact) mass is 1040 g/mol. The summed E-state index contributed by atoms with van der Waals surface area (Å²) in [5, 5.41) is 34.8. The number of para-hydroxylation sites is 2. The minimum absolute atomic E-state index is 0. The van der Waals surface area contributed by atoms with E-state index < -0.39 is 22.7 Å². The van der Waals surface area contributed by atoms with Gasteiger partial charge in [-0.1, -0.05) is 177 Å². The summed E-state index contributed by atoms with van der Waals surface area (Å²) in [5.74, 6) is 2.21. The zero-order valence-corrected chi connectivity index (χ0v) is 41.5. The topological polar surface area (TPSA) is 142 Å². The Morgan fingerprint density at radius 2 is 0.875 bits per heavy atom. The maximum absolute atomic E-state index is 15.2. The van der Waals surface area contributed by atoms with Gasteiger partial charge in [0.1, 0.15) is 17.4 Å². The molecule has 330 valence electrons. The summed E-state index contributed by atoms with van der Waals surface area (Å²) < 4.78 is 33.2. The van der Waals surface area contributed by atoms with Crippen LogP contribution in [0.3, 0.4) is 0 Å². The van der Waals surface area contributed by atoms with Gasteiger partial charge >= 0.3 is 27.2 Å². The Kier molecular flexibility index (Phi) is 26.5. The molecule has 0 bridgehead atoms. The van der Waals surface area contributed by atoms with Gasteiger partial charge in [0.25, 0.3) is 0 Å². The number of halogens is 2. The van der Waals surface area contributed by atoms with Gasteiger partial charge in [-0.25, -0.2) is 15.1 Å². The molecule has 64 heavy (non-hydrogen) atoms. The van der Waals surface area contributed by atoms with Gasteiger partial charge in [0, 0.05) is 23.1 Å². The fourth-order valence-electron chi connectivity index (χ4n) is 6.10. The molecule has 8 nitrogen and oxygen atoms in total. The predicted molar refractivity (Wildman–Crippen MR) is 262 cm³/mol. The fourth-order valence-corrected chi connectivity index (χ4v) is 18.2. The van der Waals surface area contributed by atoms with Gasteiger partial charge in [0.05, 0.1) is 30.9 Å². The van der Waals surface area contributed by atoms with Crippen molar-refractivity contribution in [2.75, 3.05) is 11.2 Å². The van der Waals surface area contributed by atoms with Crippen molar-refractivity contribution in [3.8, 4) is 24.0 Å². The van der Waals surface area contributed by atoms with Gasteiger partial charge in [-0.05, 0) is 66.9 Å². The van der Waals surface area contributed by atoms with Crippen LogP contribution in [0.5, 0.6) is 11.5 Å². The molecule has 14 heteroatoms. The molecule has 0 atom stereocenters. The summed E-state index contributed by atoms with van der Waals surface area (Å²) in [4.78, 5) is 0. The van der Waals surface area contributed by atoms with Crippen molar-refractivity contribution in [2.24, 2.45) is 4.52 Å². The number of hydrogen-bond donors (Lipinski definition) is 0. The molecule has 7 rings (SSSR count). The van der Waals surface area contributed by atoms with Crippen LogP contribution >= 0.6 is 45.9 Å². The Bertz CT molecular complexity index is 2360. The predicted octanol–water partition coefficient (Wildman–Crippen LogP) is 11.1. The Morgan fingerprint density at radius 1 is 0.578 bits per heavy atom. The first-order valence-corrected chi connectivity index (χ1v) is 25.8. The third-order valence-corrected chi connectivity index (χ3v) is 19.4. The van der Waals surface area contributed by atoms with E-state index >= 15 is 4.57 Å². The number of aryl methyl sites for hydroxylation is 1. The zero-order chi connectivity index (χ0) is 45.8. The van der Waals surface area contributed by atoms with E-state index in [9.17, 15) is 0 Å². The van der Waals surface area contributed by atoms with E-state index in [-0.39, 0.29) is 24.8 Å². The van der Waals surface area contributed by atoms with Crippen molar-refractivity contribution < 1.29 is 43.3 Å². The minimum atomic E-state index is -4.16. The van der Waals surface area contributed by atoms with Gasteiger partial charge in [-0.2, -0.15) is 4.52 Å². The van der Waals surface area contributed by atoms with E-state index in [1.165, 1.54) is 21.7 Å². The molecule has 0 saturated carbocycles. The minimum Gasteiger partial charge on any atom is -0.812 e. The van der Waals surface area contributed by atoms with E-state index in [4.69, 9.17) is 57.5 Å². The third-order valence-electron chi connectivity index (χ3n) is 8.93. The number of benzene rings is 7. The summed E-state index contributed by atoms with van der Waals surface area (Å²) in [6.07, 6.45) is 1.00. The first kappa shape index (κ1) is 54.9. The molecule has 7 aromatic rings. The summed E-state index contributed by atoms with van der Waals surface area (Å²) in [7, 11) is -8.43. The van der Waals surface area contributed by atoms with E-state index in [2.05, 4.69) is 118 Å². The third kappa shape index (κ3) is 18.5. The molecule has 0 saturated heterocycles. The van der Waals surface area contributed by atoms with Gasteiger partial charge < -0.3 is 19.3 Å². The molecule has 0 aliphatic heterocycles. The second-order valence-corrected chi connectivity index (χ2v) is 22.3. The number of rotatable bonds is 12. The molecular formula is C50H49Cl2N3O5P3Ru+. The molecule has 0 unspecified atom stereocenters.